The molecule has 6 heteroatoms. The molecule has 112 valence electrons. The van der Waals surface area contributed by atoms with Crippen LogP contribution in [0.25, 0.3) is 22.3 Å². The monoisotopic (exact) mass is 313 g/mol. The standard InChI is InChI=1S/C16H16ClN5/c1-21-15-12(16(20-21)22-9-5-6-10-22)13(17)14(18-19-15)11-7-3-2-4-8-11/h2-4,7-8H,5-6,9-10H2,1H3. The second-order valence-electron chi connectivity index (χ2n) is 5.57. The van der Waals surface area contributed by atoms with E-state index in [2.05, 4.69) is 20.2 Å². The molecular weight excluding hydrogens is 298 g/mol. The Kier molecular flexibility index (Phi) is 3.22. The van der Waals surface area contributed by atoms with E-state index in [0.29, 0.717) is 10.7 Å². The maximum Gasteiger partial charge on any atom is 0.183 e. The highest BCUT2D eigenvalue weighted by atomic mass is 35.5. The van der Waals surface area contributed by atoms with Crippen LogP contribution in [0.2, 0.25) is 5.02 Å². The van der Waals surface area contributed by atoms with Gasteiger partial charge >= 0.3 is 0 Å². The van der Waals surface area contributed by atoms with Crippen molar-refractivity contribution in [3.63, 3.8) is 0 Å². The lowest BCUT2D eigenvalue weighted by molar-refractivity contribution is 0.764. The van der Waals surface area contributed by atoms with E-state index in [4.69, 9.17) is 11.6 Å². The lowest BCUT2D eigenvalue weighted by atomic mass is 10.1. The molecule has 1 aliphatic heterocycles. The summed E-state index contributed by atoms with van der Waals surface area (Å²) >= 11 is 6.69. The highest BCUT2D eigenvalue weighted by molar-refractivity contribution is 6.38. The molecule has 22 heavy (non-hydrogen) atoms. The number of anilines is 1. The maximum absolute atomic E-state index is 6.69. The normalized spacial score (nSPS) is 14.9. The summed E-state index contributed by atoms with van der Waals surface area (Å²) in [7, 11) is 1.88. The van der Waals surface area contributed by atoms with Crippen molar-refractivity contribution in [2.45, 2.75) is 12.8 Å². The Morgan fingerprint density at radius 1 is 1.05 bits per heavy atom. The third-order valence-corrected chi connectivity index (χ3v) is 4.49. The number of halogens is 1. The first-order chi connectivity index (χ1) is 10.8. The summed E-state index contributed by atoms with van der Waals surface area (Å²) in [5.41, 5.74) is 2.41. The molecule has 0 N–H and O–H groups in total. The lowest BCUT2D eigenvalue weighted by Gasteiger charge is -2.14. The van der Waals surface area contributed by atoms with Crippen LogP contribution in [0.5, 0.6) is 0 Å². The van der Waals surface area contributed by atoms with E-state index >= 15 is 0 Å². The molecule has 4 rings (SSSR count). The van der Waals surface area contributed by atoms with Gasteiger partial charge in [-0.3, -0.25) is 0 Å². The molecule has 0 amide bonds. The Balaban J connectivity index is 1.95. The van der Waals surface area contributed by atoms with Gasteiger partial charge in [-0.05, 0) is 12.8 Å². The van der Waals surface area contributed by atoms with Crippen molar-refractivity contribution in [2.75, 3.05) is 18.0 Å². The molecule has 1 aromatic carbocycles. The van der Waals surface area contributed by atoms with Crippen LogP contribution in [-0.2, 0) is 7.05 Å². The zero-order valence-electron chi connectivity index (χ0n) is 12.3. The average molecular weight is 314 g/mol. The van der Waals surface area contributed by atoms with Gasteiger partial charge in [0.2, 0.25) is 0 Å². The molecule has 1 saturated heterocycles. The molecule has 0 spiro atoms. The molecule has 3 heterocycles. The Morgan fingerprint density at radius 3 is 2.50 bits per heavy atom. The molecule has 2 aromatic heterocycles. The molecule has 0 unspecified atom stereocenters. The largest absolute Gasteiger partial charge is 0.355 e. The number of aryl methyl sites for hydroxylation is 1. The Labute approximate surface area is 133 Å². The van der Waals surface area contributed by atoms with Crippen LogP contribution in [0.1, 0.15) is 12.8 Å². The van der Waals surface area contributed by atoms with Gasteiger partial charge in [0.25, 0.3) is 0 Å². The Hall–Kier alpha value is -2.14. The summed E-state index contributed by atoms with van der Waals surface area (Å²) in [5.74, 6) is 0.923. The lowest BCUT2D eigenvalue weighted by Crippen LogP contribution is -2.18. The number of hydrogen-bond donors (Lipinski definition) is 0. The first-order valence-corrected chi connectivity index (χ1v) is 7.83. The summed E-state index contributed by atoms with van der Waals surface area (Å²) in [6.07, 6.45) is 2.39. The fraction of sp³-hybridized carbons (Fsp3) is 0.312. The zero-order valence-corrected chi connectivity index (χ0v) is 13.1. The SMILES string of the molecule is Cn1nc(N2CCCC2)c2c(Cl)c(-c3ccccc3)nnc21. The van der Waals surface area contributed by atoms with Crippen LogP contribution in [0, 0.1) is 0 Å². The van der Waals surface area contributed by atoms with Gasteiger partial charge in [0.1, 0.15) is 5.69 Å². The maximum atomic E-state index is 6.69. The fourth-order valence-corrected chi connectivity index (χ4v) is 3.32. The molecule has 1 aliphatic rings. The number of rotatable bonds is 2. The number of hydrogen-bond acceptors (Lipinski definition) is 4. The molecule has 1 fully saturated rings. The van der Waals surface area contributed by atoms with Gasteiger partial charge in [0, 0.05) is 25.7 Å². The van der Waals surface area contributed by atoms with Crippen molar-refractivity contribution in [2.24, 2.45) is 7.05 Å². The van der Waals surface area contributed by atoms with Gasteiger partial charge in [0.05, 0.1) is 10.4 Å². The van der Waals surface area contributed by atoms with E-state index in [9.17, 15) is 0 Å². The minimum atomic E-state index is 0.631. The Morgan fingerprint density at radius 2 is 1.77 bits per heavy atom. The van der Waals surface area contributed by atoms with E-state index < -0.39 is 0 Å². The van der Waals surface area contributed by atoms with Crippen LogP contribution in [0.4, 0.5) is 5.82 Å². The summed E-state index contributed by atoms with van der Waals surface area (Å²) in [6.45, 7) is 2.04. The Bertz CT molecular complexity index is 821. The van der Waals surface area contributed by atoms with Gasteiger partial charge in [-0.1, -0.05) is 41.9 Å². The summed E-state index contributed by atoms with van der Waals surface area (Å²) in [4.78, 5) is 2.28. The molecule has 3 aromatic rings. The minimum Gasteiger partial charge on any atom is -0.355 e. The van der Waals surface area contributed by atoms with E-state index in [1.54, 1.807) is 4.68 Å². The topological polar surface area (TPSA) is 46.8 Å². The molecule has 0 atom stereocenters. The number of nitrogens with zero attached hydrogens (tertiary/aromatic N) is 5. The van der Waals surface area contributed by atoms with Gasteiger partial charge < -0.3 is 4.90 Å². The molecule has 0 aliphatic carbocycles. The molecular formula is C16H16ClN5. The number of benzene rings is 1. The van der Waals surface area contributed by atoms with Crippen molar-refractivity contribution >= 4 is 28.5 Å². The quantitative estimate of drug-likeness (QED) is 0.728. The van der Waals surface area contributed by atoms with Crippen molar-refractivity contribution in [3.05, 3.63) is 35.4 Å². The van der Waals surface area contributed by atoms with Crippen LogP contribution in [0.3, 0.4) is 0 Å². The van der Waals surface area contributed by atoms with Crippen molar-refractivity contribution < 1.29 is 0 Å². The predicted octanol–water partition coefficient (Wildman–Crippen LogP) is 3.28. The first kappa shape index (κ1) is 13.5. The van der Waals surface area contributed by atoms with Crippen molar-refractivity contribution in [1.82, 2.24) is 20.0 Å². The van der Waals surface area contributed by atoms with Crippen LogP contribution in [0.15, 0.2) is 30.3 Å². The molecule has 0 radical (unpaired) electrons. The third-order valence-electron chi connectivity index (χ3n) is 4.12. The van der Waals surface area contributed by atoms with Crippen LogP contribution in [-0.4, -0.2) is 33.1 Å². The van der Waals surface area contributed by atoms with Gasteiger partial charge in [-0.15, -0.1) is 10.2 Å². The van der Waals surface area contributed by atoms with Gasteiger partial charge in [0.15, 0.2) is 11.5 Å². The summed E-state index contributed by atoms with van der Waals surface area (Å²) in [6, 6.07) is 9.91. The highest BCUT2D eigenvalue weighted by Crippen LogP contribution is 2.37. The van der Waals surface area contributed by atoms with Crippen molar-refractivity contribution in [3.8, 4) is 11.3 Å². The molecule has 5 nitrogen and oxygen atoms in total. The van der Waals surface area contributed by atoms with Crippen LogP contribution < -0.4 is 4.90 Å². The smallest absolute Gasteiger partial charge is 0.183 e. The van der Waals surface area contributed by atoms with E-state index in [1.807, 2.05) is 37.4 Å². The van der Waals surface area contributed by atoms with E-state index in [1.165, 1.54) is 12.8 Å². The van der Waals surface area contributed by atoms with Gasteiger partial charge in [-0.2, -0.15) is 5.10 Å². The predicted molar refractivity (Wildman–Crippen MR) is 88.2 cm³/mol. The van der Waals surface area contributed by atoms with Gasteiger partial charge in [-0.25, -0.2) is 4.68 Å². The minimum absolute atomic E-state index is 0.631. The third kappa shape index (κ3) is 2.04. The van der Waals surface area contributed by atoms with Crippen LogP contribution >= 0.6 is 11.6 Å². The fourth-order valence-electron chi connectivity index (χ4n) is 3.00. The summed E-state index contributed by atoms with van der Waals surface area (Å²) in [5, 5.41) is 14.8. The first-order valence-electron chi connectivity index (χ1n) is 7.45. The van der Waals surface area contributed by atoms with E-state index in [-0.39, 0.29) is 0 Å². The van der Waals surface area contributed by atoms with Crippen molar-refractivity contribution in [1.29, 1.82) is 0 Å². The number of aromatic nitrogens is 4. The second-order valence-corrected chi connectivity index (χ2v) is 5.95. The second kappa shape index (κ2) is 5.25. The molecule has 0 bridgehead atoms. The molecule has 0 saturated carbocycles. The number of fused-ring (bicyclic) bond motifs is 1. The highest BCUT2D eigenvalue weighted by Gasteiger charge is 2.24. The van der Waals surface area contributed by atoms with E-state index in [0.717, 1.165) is 35.5 Å². The average Bonchev–Trinajstić information content (AvgIpc) is 3.17. The summed E-state index contributed by atoms with van der Waals surface area (Å²) < 4.78 is 1.76. The zero-order chi connectivity index (χ0) is 15.1.